The van der Waals surface area contributed by atoms with Gasteiger partial charge < -0.3 is 9.47 Å². The van der Waals surface area contributed by atoms with Crippen molar-refractivity contribution in [3.63, 3.8) is 0 Å². The van der Waals surface area contributed by atoms with Gasteiger partial charge in [0.25, 0.3) is 11.8 Å². The molecule has 1 aliphatic rings. The number of H-pyrrole nitrogens is 1. The van der Waals surface area contributed by atoms with Crippen molar-refractivity contribution in [2.75, 3.05) is 11.9 Å². The van der Waals surface area contributed by atoms with Crippen LogP contribution in [-0.2, 0) is 11.3 Å². The molecule has 4 aromatic rings. The minimum atomic E-state index is -0.248. The van der Waals surface area contributed by atoms with Gasteiger partial charge in [-0.2, -0.15) is 10.4 Å². The topological polar surface area (TPSA) is 120 Å². The number of hydrogen-bond donors (Lipinski definition) is 2. The van der Waals surface area contributed by atoms with E-state index in [1.165, 1.54) is 11.3 Å². The van der Waals surface area contributed by atoms with E-state index in [1.54, 1.807) is 29.4 Å². The van der Waals surface area contributed by atoms with Crippen molar-refractivity contribution in [1.82, 2.24) is 24.6 Å². The molecule has 0 saturated carbocycles. The molecule has 0 bridgehead atoms. The quantitative estimate of drug-likeness (QED) is 0.271. The number of aromatic amines is 1. The van der Waals surface area contributed by atoms with Gasteiger partial charge in [-0.1, -0.05) is 32.1 Å². The Morgan fingerprint density at radius 3 is 2.89 bits per heavy atom. The van der Waals surface area contributed by atoms with Gasteiger partial charge in [0.05, 0.1) is 28.1 Å². The third kappa shape index (κ3) is 5.04. The summed E-state index contributed by atoms with van der Waals surface area (Å²) in [6, 6.07) is 13.3. The van der Waals surface area contributed by atoms with Gasteiger partial charge in [-0.05, 0) is 43.0 Å². The Morgan fingerprint density at radius 1 is 1.30 bits per heavy atom. The Balaban J connectivity index is 1.41. The molecule has 1 atom stereocenters. The summed E-state index contributed by atoms with van der Waals surface area (Å²) in [7, 11) is 0. The third-order valence-electron chi connectivity index (χ3n) is 6.37. The van der Waals surface area contributed by atoms with E-state index < -0.39 is 0 Å². The van der Waals surface area contributed by atoms with E-state index in [9.17, 15) is 14.9 Å². The summed E-state index contributed by atoms with van der Waals surface area (Å²) < 4.78 is 1.96. The Morgan fingerprint density at radius 2 is 2.14 bits per heavy atom. The average Bonchev–Trinajstić information content (AvgIpc) is 3.69. The molecular weight excluding hydrogens is 486 g/mol. The monoisotopic (exact) mass is 513 g/mol. The summed E-state index contributed by atoms with van der Waals surface area (Å²) in [6.45, 7) is 4.96. The second kappa shape index (κ2) is 10.4. The molecule has 1 saturated heterocycles. The van der Waals surface area contributed by atoms with Crippen LogP contribution >= 0.6 is 11.3 Å². The molecule has 2 amide bonds. The van der Waals surface area contributed by atoms with E-state index in [0.29, 0.717) is 23.9 Å². The maximum Gasteiger partial charge on any atom is 0.268 e. The van der Waals surface area contributed by atoms with E-state index in [1.807, 2.05) is 48.7 Å². The van der Waals surface area contributed by atoms with Gasteiger partial charge in [0.1, 0.15) is 11.6 Å². The van der Waals surface area contributed by atoms with Crippen molar-refractivity contribution in [2.45, 2.75) is 39.3 Å². The highest BCUT2D eigenvalue weighted by Gasteiger charge is 2.32. The molecular formula is C27H27N7O2S. The first kappa shape index (κ1) is 24.5. The van der Waals surface area contributed by atoms with Crippen LogP contribution in [0, 0.1) is 17.2 Å². The van der Waals surface area contributed by atoms with Crippen LogP contribution in [0.25, 0.3) is 21.5 Å². The van der Waals surface area contributed by atoms with Crippen molar-refractivity contribution in [1.29, 1.82) is 5.26 Å². The molecule has 5 rings (SSSR count). The standard InChI is InChI=1S/C27H27N7O2S/c1-17(2)12-18(13-28)26(36)33-11-5-6-20(33)16-34-22-8-4-3-7-21(22)31-27(34)32-25(35)24-10-9-23(37-24)19-14-29-30-15-19/h3-4,7-10,12,14-15,17,20H,5-6,11,16H2,1-2H3,(H,29,30)(H,31,32,35)/b18-12-/t20-/m0/s1. The van der Waals surface area contributed by atoms with Crippen molar-refractivity contribution in [3.8, 4) is 16.5 Å². The molecule has 0 aliphatic carbocycles. The molecule has 1 aromatic carbocycles. The fraction of sp³-hybridized carbons (Fsp3) is 0.296. The number of para-hydroxylation sites is 2. The summed E-state index contributed by atoms with van der Waals surface area (Å²) in [5.41, 5.74) is 2.74. The normalized spacial score (nSPS) is 15.9. The van der Waals surface area contributed by atoms with Crippen molar-refractivity contribution < 1.29 is 9.59 Å². The van der Waals surface area contributed by atoms with E-state index in [4.69, 9.17) is 4.98 Å². The van der Waals surface area contributed by atoms with Crippen LogP contribution in [0.15, 0.2) is 60.4 Å². The Hall–Kier alpha value is -4.23. The number of nitrogens with zero attached hydrogens (tertiary/aromatic N) is 5. The van der Waals surface area contributed by atoms with Crippen LogP contribution in [0.5, 0.6) is 0 Å². The zero-order valence-electron chi connectivity index (χ0n) is 20.6. The minimum Gasteiger partial charge on any atom is -0.333 e. The molecule has 2 N–H and O–H groups in total. The number of amides is 2. The molecule has 37 heavy (non-hydrogen) atoms. The Bertz CT molecular complexity index is 1510. The van der Waals surface area contributed by atoms with Crippen LogP contribution in [-0.4, -0.2) is 49.0 Å². The summed E-state index contributed by atoms with van der Waals surface area (Å²) in [4.78, 5) is 34.4. The lowest BCUT2D eigenvalue weighted by Crippen LogP contribution is -2.39. The first-order valence-corrected chi connectivity index (χ1v) is 13.0. The number of nitriles is 1. The smallest absolute Gasteiger partial charge is 0.268 e. The van der Waals surface area contributed by atoms with Gasteiger partial charge in [0, 0.05) is 29.7 Å². The number of allylic oxidation sites excluding steroid dienone is 1. The first-order valence-electron chi connectivity index (χ1n) is 12.2. The van der Waals surface area contributed by atoms with E-state index in [-0.39, 0.29) is 29.3 Å². The summed E-state index contributed by atoms with van der Waals surface area (Å²) in [6.07, 6.45) is 6.89. The van der Waals surface area contributed by atoms with Gasteiger partial charge in [0.2, 0.25) is 5.95 Å². The van der Waals surface area contributed by atoms with Gasteiger partial charge >= 0.3 is 0 Å². The lowest BCUT2D eigenvalue weighted by Gasteiger charge is -2.26. The molecule has 9 nitrogen and oxygen atoms in total. The number of benzene rings is 1. The number of anilines is 1. The maximum absolute atomic E-state index is 13.2. The van der Waals surface area contributed by atoms with Crippen LogP contribution in [0.3, 0.4) is 0 Å². The largest absolute Gasteiger partial charge is 0.333 e. The molecule has 0 spiro atoms. The van der Waals surface area contributed by atoms with Gasteiger partial charge in [-0.3, -0.25) is 20.0 Å². The highest BCUT2D eigenvalue weighted by molar-refractivity contribution is 7.17. The van der Waals surface area contributed by atoms with Crippen LogP contribution < -0.4 is 5.32 Å². The Kier molecular flexibility index (Phi) is 6.88. The number of hydrogen-bond acceptors (Lipinski definition) is 6. The lowest BCUT2D eigenvalue weighted by atomic mass is 10.1. The van der Waals surface area contributed by atoms with Crippen LogP contribution in [0.1, 0.15) is 36.4 Å². The number of rotatable bonds is 7. The Labute approximate surface area is 218 Å². The number of likely N-dealkylation sites (tertiary alicyclic amines) is 1. The number of fused-ring (bicyclic) bond motifs is 1. The predicted octanol–water partition coefficient (Wildman–Crippen LogP) is 4.84. The van der Waals surface area contributed by atoms with E-state index in [2.05, 4.69) is 21.6 Å². The molecule has 10 heteroatoms. The molecule has 0 unspecified atom stereocenters. The second-order valence-corrected chi connectivity index (χ2v) is 10.5. The zero-order chi connectivity index (χ0) is 25.9. The molecule has 3 aromatic heterocycles. The third-order valence-corrected chi connectivity index (χ3v) is 7.51. The fourth-order valence-corrected chi connectivity index (χ4v) is 5.55. The molecule has 1 aliphatic heterocycles. The highest BCUT2D eigenvalue weighted by atomic mass is 32.1. The van der Waals surface area contributed by atoms with Gasteiger partial charge in [-0.25, -0.2) is 4.98 Å². The summed E-state index contributed by atoms with van der Waals surface area (Å²) in [5.74, 6) is 0.0497. The highest BCUT2D eigenvalue weighted by Crippen LogP contribution is 2.29. The number of imidazole rings is 1. The zero-order valence-corrected chi connectivity index (χ0v) is 21.5. The van der Waals surface area contributed by atoms with E-state index in [0.717, 1.165) is 34.3 Å². The number of aromatic nitrogens is 4. The molecule has 1 fully saturated rings. The number of carbonyl (C=O) groups is 2. The SMILES string of the molecule is CC(C)/C=C(/C#N)C(=O)N1CCC[C@H]1Cn1c(NC(=O)c2ccc(-c3cn[nH]c3)s2)nc2ccccc21. The second-order valence-electron chi connectivity index (χ2n) is 9.37. The first-order chi connectivity index (χ1) is 17.9. The van der Waals surface area contributed by atoms with E-state index >= 15 is 0 Å². The molecule has 0 radical (unpaired) electrons. The van der Waals surface area contributed by atoms with Gasteiger partial charge in [0.15, 0.2) is 0 Å². The fourth-order valence-electron chi connectivity index (χ4n) is 4.67. The summed E-state index contributed by atoms with van der Waals surface area (Å²) in [5, 5.41) is 19.3. The van der Waals surface area contributed by atoms with Gasteiger partial charge in [-0.15, -0.1) is 11.3 Å². The molecule has 188 valence electrons. The number of thiophene rings is 1. The molecule has 4 heterocycles. The van der Waals surface area contributed by atoms with Crippen molar-refractivity contribution >= 4 is 40.1 Å². The minimum absolute atomic E-state index is 0.102. The number of carbonyl (C=O) groups excluding carboxylic acids is 2. The lowest BCUT2D eigenvalue weighted by molar-refractivity contribution is -0.127. The van der Waals surface area contributed by atoms with Crippen molar-refractivity contribution in [3.05, 3.63) is 65.3 Å². The predicted molar refractivity (Wildman–Crippen MR) is 143 cm³/mol. The summed E-state index contributed by atoms with van der Waals surface area (Å²) >= 11 is 1.38. The van der Waals surface area contributed by atoms with Crippen molar-refractivity contribution in [2.24, 2.45) is 5.92 Å². The van der Waals surface area contributed by atoms with Crippen LogP contribution in [0.4, 0.5) is 5.95 Å². The number of nitrogens with one attached hydrogen (secondary N) is 2. The van der Waals surface area contributed by atoms with Crippen LogP contribution in [0.2, 0.25) is 0 Å². The maximum atomic E-state index is 13.2. The average molecular weight is 514 g/mol.